The van der Waals surface area contributed by atoms with Crippen molar-refractivity contribution < 1.29 is 4.74 Å². The summed E-state index contributed by atoms with van der Waals surface area (Å²) in [6.07, 6.45) is 3.53. The smallest absolute Gasteiger partial charge is 0.0929 e. The van der Waals surface area contributed by atoms with Crippen LogP contribution in [-0.4, -0.2) is 17.7 Å². The first-order chi connectivity index (χ1) is 8.11. The Morgan fingerprint density at radius 1 is 1.41 bits per heavy atom. The third-order valence-electron chi connectivity index (χ3n) is 2.48. The predicted octanol–water partition coefficient (Wildman–Crippen LogP) is 4.27. The number of hydrogen-bond acceptors (Lipinski definition) is 3. The van der Waals surface area contributed by atoms with Crippen molar-refractivity contribution in [2.75, 3.05) is 6.61 Å². The number of rotatable bonds is 8. The maximum atomic E-state index is 5.76. The average Bonchev–Trinajstić information content (AvgIpc) is 2.71. The first-order valence-electron chi connectivity index (χ1n) is 6.22. The second-order valence-electron chi connectivity index (χ2n) is 4.78. The number of hydrogen-bond donors (Lipinski definition) is 0. The van der Waals surface area contributed by atoms with Gasteiger partial charge >= 0.3 is 0 Å². The molecule has 0 fully saturated rings. The van der Waals surface area contributed by atoms with Crippen molar-refractivity contribution in [2.24, 2.45) is 5.92 Å². The van der Waals surface area contributed by atoms with Gasteiger partial charge in [0.15, 0.2) is 0 Å². The maximum Gasteiger partial charge on any atom is 0.0929 e. The number of aromatic nitrogens is 1. The maximum absolute atomic E-state index is 5.76. The molecule has 0 radical (unpaired) electrons. The third kappa shape index (κ3) is 6.39. The summed E-state index contributed by atoms with van der Waals surface area (Å²) in [4.78, 5) is 4.42. The highest BCUT2D eigenvalue weighted by Crippen LogP contribution is 2.14. The van der Waals surface area contributed by atoms with E-state index in [9.17, 15) is 0 Å². The number of thiazole rings is 1. The van der Waals surface area contributed by atoms with Crippen LogP contribution in [0.4, 0.5) is 0 Å². The molecule has 0 aliphatic heterocycles. The molecule has 4 heteroatoms. The third-order valence-corrected chi connectivity index (χ3v) is 3.71. The summed E-state index contributed by atoms with van der Waals surface area (Å²) in [6.45, 7) is 7.42. The molecule has 17 heavy (non-hydrogen) atoms. The molecular weight excluding hydrogens is 254 g/mol. The minimum Gasteiger partial charge on any atom is -0.378 e. The molecule has 0 aliphatic rings. The van der Waals surface area contributed by atoms with Crippen molar-refractivity contribution in [1.82, 2.24) is 4.98 Å². The molecule has 1 aromatic rings. The van der Waals surface area contributed by atoms with Crippen LogP contribution >= 0.6 is 22.9 Å². The van der Waals surface area contributed by atoms with Gasteiger partial charge in [-0.25, -0.2) is 4.98 Å². The van der Waals surface area contributed by atoms with Crippen LogP contribution < -0.4 is 0 Å². The van der Waals surface area contributed by atoms with Crippen molar-refractivity contribution in [3.63, 3.8) is 0 Å². The number of halogens is 1. The fourth-order valence-electron chi connectivity index (χ4n) is 1.76. The van der Waals surface area contributed by atoms with Gasteiger partial charge in [-0.15, -0.1) is 22.9 Å². The van der Waals surface area contributed by atoms with Crippen LogP contribution in [-0.2, 0) is 17.0 Å². The number of nitrogens with zero attached hydrogens (tertiary/aromatic N) is 1. The minimum atomic E-state index is 0.365. The molecule has 0 aromatic carbocycles. The molecule has 0 saturated heterocycles. The first-order valence-corrected chi connectivity index (χ1v) is 7.64. The van der Waals surface area contributed by atoms with Gasteiger partial charge in [-0.3, -0.25) is 0 Å². The Balaban J connectivity index is 2.11. The molecule has 1 aromatic heterocycles. The Hall–Kier alpha value is -0.120. The summed E-state index contributed by atoms with van der Waals surface area (Å²) in [6, 6.07) is 0. The minimum absolute atomic E-state index is 0.365. The second kappa shape index (κ2) is 8.06. The van der Waals surface area contributed by atoms with E-state index in [0.29, 0.717) is 17.9 Å². The van der Waals surface area contributed by atoms with Gasteiger partial charge in [0.05, 0.1) is 22.7 Å². The molecule has 0 aliphatic carbocycles. The van der Waals surface area contributed by atoms with E-state index in [1.807, 2.05) is 5.38 Å². The van der Waals surface area contributed by atoms with Crippen molar-refractivity contribution in [2.45, 2.75) is 52.0 Å². The zero-order valence-corrected chi connectivity index (χ0v) is 12.5. The summed E-state index contributed by atoms with van der Waals surface area (Å²) in [5.74, 6) is 1.22. The van der Waals surface area contributed by atoms with E-state index in [0.717, 1.165) is 31.6 Å². The monoisotopic (exact) mass is 275 g/mol. The van der Waals surface area contributed by atoms with Crippen molar-refractivity contribution in [3.05, 3.63) is 16.1 Å². The van der Waals surface area contributed by atoms with Gasteiger partial charge in [0.25, 0.3) is 0 Å². The van der Waals surface area contributed by atoms with Gasteiger partial charge in [-0.1, -0.05) is 13.8 Å². The van der Waals surface area contributed by atoms with Gasteiger partial charge in [-0.05, 0) is 25.7 Å². The molecule has 98 valence electrons. The summed E-state index contributed by atoms with van der Waals surface area (Å²) >= 11 is 7.40. The fraction of sp³-hybridized carbons (Fsp3) is 0.769. The highest BCUT2D eigenvalue weighted by molar-refractivity contribution is 7.09. The fourth-order valence-corrected chi connectivity index (χ4v) is 2.83. The van der Waals surface area contributed by atoms with Gasteiger partial charge in [0.1, 0.15) is 0 Å². The Morgan fingerprint density at radius 3 is 2.76 bits per heavy atom. The molecule has 0 bridgehead atoms. The first kappa shape index (κ1) is 14.9. The van der Waals surface area contributed by atoms with Crippen LogP contribution in [0.25, 0.3) is 0 Å². The summed E-state index contributed by atoms with van der Waals surface area (Å²) < 4.78 is 5.76. The zero-order chi connectivity index (χ0) is 12.7. The number of aryl methyl sites for hydroxylation is 1. The Labute approximate surface area is 113 Å². The van der Waals surface area contributed by atoms with E-state index in [2.05, 4.69) is 25.8 Å². The van der Waals surface area contributed by atoms with E-state index >= 15 is 0 Å². The molecule has 0 amide bonds. The molecule has 1 rings (SSSR count). The van der Waals surface area contributed by atoms with E-state index in [1.165, 1.54) is 5.01 Å². The van der Waals surface area contributed by atoms with Crippen LogP contribution in [0.1, 0.15) is 44.3 Å². The summed E-state index contributed by atoms with van der Waals surface area (Å²) in [5, 5.41) is 3.20. The Morgan fingerprint density at radius 2 is 2.18 bits per heavy atom. The largest absolute Gasteiger partial charge is 0.378 e. The van der Waals surface area contributed by atoms with Gasteiger partial charge in [0, 0.05) is 18.4 Å². The van der Waals surface area contributed by atoms with E-state index in [4.69, 9.17) is 16.3 Å². The molecule has 2 nitrogen and oxygen atoms in total. The average molecular weight is 276 g/mol. The van der Waals surface area contributed by atoms with Crippen molar-refractivity contribution >= 4 is 22.9 Å². The van der Waals surface area contributed by atoms with Crippen LogP contribution in [0.2, 0.25) is 0 Å². The van der Waals surface area contributed by atoms with Crippen LogP contribution in [0, 0.1) is 5.92 Å². The SMILES string of the molecule is CC(C)CC(C)OCCCc1nc(CCl)cs1. The topological polar surface area (TPSA) is 22.1 Å². The van der Waals surface area contributed by atoms with Gasteiger partial charge in [-0.2, -0.15) is 0 Å². The van der Waals surface area contributed by atoms with E-state index in [-0.39, 0.29) is 0 Å². The van der Waals surface area contributed by atoms with Gasteiger partial charge < -0.3 is 4.74 Å². The Bertz CT molecular complexity index is 314. The lowest BCUT2D eigenvalue weighted by molar-refractivity contribution is 0.0506. The molecule has 1 atom stereocenters. The van der Waals surface area contributed by atoms with Crippen LogP contribution in [0.3, 0.4) is 0 Å². The van der Waals surface area contributed by atoms with Crippen LogP contribution in [0.15, 0.2) is 5.38 Å². The standard InChI is InChI=1S/C13H22ClNOS/c1-10(2)7-11(3)16-6-4-5-13-15-12(8-14)9-17-13/h9-11H,4-8H2,1-3H3. The van der Waals surface area contributed by atoms with Crippen molar-refractivity contribution in [3.8, 4) is 0 Å². The van der Waals surface area contributed by atoms with E-state index < -0.39 is 0 Å². The predicted molar refractivity (Wildman–Crippen MR) is 74.9 cm³/mol. The highest BCUT2D eigenvalue weighted by Gasteiger charge is 2.05. The number of ether oxygens (including phenoxy) is 1. The Kier molecular flexibility index (Phi) is 7.09. The zero-order valence-electron chi connectivity index (χ0n) is 10.9. The van der Waals surface area contributed by atoms with Gasteiger partial charge in [0.2, 0.25) is 0 Å². The molecule has 0 spiro atoms. The molecular formula is C13H22ClNOS. The normalized spacial score (nSPS) is 13.2. The summed E-state index contributed by atoms with van der Waals surface area (Å²) in [7, 11) is 0. The molecule has 0 saturated carbocycles. The quantitative estimate of drug-likeness (QED) is 0.522. The molecule has 0 N–H and O–H groups in total. The molecule has 1 unspecified atom stereocenters. The summed E-state index contributed by atoms with van der Waals surface area (Å²) in [5.41, 5.74) is 0.987. The highest BCUT2D eigenvalue weighted by atomic mass is 35.5. The molecule has 1 heterocycles. The van der Waals surface area contributed by atoms with E-state index in [1.54, 1.807) is 11.3 Å². The van der Waals surface area contributed by atoms with Crippen molar-refractivity contribution in [1.29, 1.82) is 0 Å². The number of alkyl halides is 1. The lowest BCUT2D eigenvalue weighted by atomic mass is 10.1. The lowest BCUT2D eigenvalue weighted by Gasteiger charge is -2.14. The van der Waals surface area contributed by atoms with Crippen LogP contribution in [0.5, 0.6) is 0 Å². The second-order valence-corrected chi connectivity index (χ2v) is 5.99. The lowest BCUT2D eigenvalue weighted by Crippen LogP contribution is -2.12.